The SMILES string of the molecule is CC1CCN(C(=O)c2ccccc2S)CC1O. The van der Waals surface area contributed by atoms with Gasteiger partial charge in [0.15, 0.2) is 0 Å². The van der Waals surface area contributed by atoms with Gasteiger partial charge in [-0.1, -0.05) is 19.1 Å². The van der Waals surface area contributed by atoms with Crippen LogP contribution in [0.15, 0.2) is 29.2 Å². The van der Waals surface area contributed by atoms with Gasteiger partial charge in [0, 0.05) is 18.0 Å². The minimum absolute atomic E-state index is 0.0402. The van der Waals surface area contributed by atoms with Gasteiger partial charge in [0.1, 0.15) is 0 Å². The highest BCUT2D eigenvalue weighted by Crippen LogP contribution is 2.21. The van der Waals surface area contributed by atoms with Crippen LogP contribution in [0.4, 0.5) is 0 Å². The molecule has 2 unspecified atom stereocenters. The minimum Gasteiger partial charge on any atom is -0.391 e. The van der Waals surface area contributed by atoms with Crippen LogP contribution in [0.5, 0.6) is 0 Å². The Morgan fingerprint density at radius 1 is 1.47 bits per heavy atom. The molecule has 92 valence electrons. The molecule has 1 N–H and O–H groups in total. The van der Waals surface area contributed by atoms with Crippen molar-refractivity contribution in [2.75, 3.05) is 13.1 Å². The van der Waals surface area contributed by atoms with E-state index >= 15 is 0 Å². The molecule has 1 fully saturated rings. The molecule has 1 aromatic carbocycles. The van der Waals surface area contributed by atoms with Crippen molar-refractivity contribution < 1.29 is 9.90 Å². The third-order valence-corrected chi connectivity index (χ3v) is 3.73. The Balaban J connectivity index is 2.14. The van der Waals surface area contributed by atoms with E-state index in [1.165, 1.54) is 0 Å². The summed E-state index contributed by atoms with van der Waals surface area (Å²) in [4.78, 5) is 14.6. The van der Waals surface area contributed by atoms with E-state index in [2.05, 4.69) is 12.6 Å². The van der Waals surface area contributed by atoms with Gasteiger partial charge in [-0.2, -0.15) is 0 Å². The van der Waals surface area contributed by atoms with Gasteiger partial charge in [0.05, 0.1) is 11.7 Å². The molecular weight excluding hydrogens is 234 g/mol. The number of hydrogen-bond donors (Lipinski definition) is 2. The number of β-amino-alcohol motifs (C(OH)–C–C–N with tert-alkyl or cyclic N) is 1. The number of thiol groups is 1. The van der Waals surface area contributed by atoms with E-state index in [1.54, 1.807) is 17.0 Å². The quantitative estimate of drug-likeness (QED) is 0.747. The number of likely N-dealkylation sites (tertiary alicyclic amines) is 1. The van der Waals surface area contributed by atoms with E-state index in [0.717, 1.165) is 6.42 Å². The van der Waals surface area contributed by atoms with Crippen LogP contribution in [0, 0.1) is 5.92 Å². The van der Waals surface area contributed by atoms with Crippen molar-refractivity contribution in [3.63, 3.8) is 0 Å². The Morgan fingerprint density at radius 2 is 2.18 bits per heavy atom. The van der Waals surface area contributed by atoms with Crippen LogP contribution in [0.2, 0.25) is 0 Å². The zero-order valence-corrected chi connectivity index (χ0v) is 10.7. The van der Waals surface area contributed by atoms with Crippen molar-refractivity contribution in [3.8, 4) is 0 Å². The maximum atomic E-state index is 12.2. The summed E-state index contributed by atoms with van der Waals surface area (Å²) in [6, 6.07) is 7.26. The summed E-state index contributed by atoms with van der Waals surface area (Å²) in [6.45, 7) is 3.14. The molecule has 0 radical (unpaired) electrons. The fourth-order valence-electron chi connectivity index (χ4n) is 2.06. The van der Waals surface area contributed by atoms with Crippen molar-refractivity contribution in [2.24, 2.45) is 5.92 Å². The summed E-state index contributed by atoms with van der Waals surface area (Å²) < 4.78 is 0. The van der Waals surface area contributed by atoms with E-state index in [1.807, 2.05) is 19.1 Å². The predicted octanol–water partition coefficient (Wildman–Crippen LogP) is 1.82. The van der Waals surface area contributed by atoms with Crippen LogP contribution < -0.4 is 0 Å². The van der Waals surface area contributed by atoms with Crippen molar-refractivity contribution in [1.29, 1.82) is 0 Å². The van der Waals surface area contributed by atoms with Crippen molar-refractivity contribution in [2.45, 2.75) is 24.3 Å². The van der Waals surface area contributed by atoms with Gasteiger partial charge in [0.2, 0.25) is 0 Å². The molecule has 1 amide bonds. The summed E-state index contributed by atoms with van der Waals surface area (Å²) >= 11 is 4.29. The number of nitrogens with zero attached hydrogens (tertiary/aromatic N) is 1. The molecule has 1 aromatic rings. The standard InChI is InChI=1S/C13H17NO2S/c1-9-6-7-14(8-11(9)15)13(16)10-4-2-3-5-12(10)17/h2-5,9,11,15,17H,6-8H2,1H3. The second-order valence-corrected chi connectivity index (χ2v) is 5.08. The molecule has 4 heteroatoms. The summed E-state index contributed by atoms with van der Waals surface area (Å²) in [7, 11) is 0. The highest BCUT2D eigenvalue weighted by Gasteiger charge is 2.28. The zero-order chi connectivity index (χ0) is 12.4. The maximum absolute atomic E-state index is 12.2. The van der Waals surface area contributed by atoms with Gasteiger partial charge in [-0.15, -0.1) is 12.6 Å². The molecule has 0 aromatic heterocycles. The lowest BCUT2D eigenvalue weighted by atomic mass is 9.95. The van der Waals surface area contributed by atoms with Gasteiger partial charge in [-0.05, 0) is 24.5 Å². The fraction of sp³-hybridized carbons (Fsp3) is 0.462. The van der Waals surface area contributed by atoms with Crippen LogP contribution in [0.25, 0.3) is 0 Å². The van der Waals surface area contributed by atoms with Crippen molar-refractivity contribution >= 4 is 18.5 Å². The molecule has 17 heavy (non-hydrogen) atoms. The second kappa shape index (κ2) is 5.10. The average Bonchev–Trinajstić information content (AvgIpc) is 2.32. The Kier molecular flexibility index (Phi) is 3.74. The lowest BCUT2D eigenvalue weighted by Crippen LogP contribution is -2.45. The molecule has 0 bridgehead atoms. The number of carbonyl (C=O) groups excluding carboxylic acids is 1. The second-order valence-electron chi connectivity index (χ2n) is 4.60. The van der Waals surface area contributed by atoms with E-state index in [-0.39, 0.29) is 11.8 Å². The number of amides is 1. The van der Waals surface area contributed by atoms with Crippen LogP contribution in [0.1, 0.15) is 23.7 Å². The number of carbonyl (C=O) groups is 1. The summed E-state index contributed by atoms with van der Waals surface area (Å²) in [6.07, 6.45) is 0.432. The largest absolute Gasteiger partial charge is 0.391 e. The van der Waals surface area contributed by atoms with Crippen LogP contribution in [-0.4, -0.2) is 35.1 Å². The Hall–Kier alpha value is -1.00. The van der Waals surface area contributed by atoms with Gasteiger partial charge >= 0.3 is 0 Å². The lowest BCUT2D eigenvalue weighted by molar-refractivity contribution is 0.0246. The highest BCUT2D eigenvalue weighted by atomic mass is 32.1. The molecule has 2 atom stereocenters. The summed E-state index contributed by atoms with van der Waals surface area (Å²) in [5.41, 5.74) is 0.609. The molecular formula is C13H17NO2S. The third-order valence-electron chi connectivity index (χ3n) is 3.34. The Bertz CT molecular complexity index is 422. The zero-order valence-electron chi connectivity index (χ0n) is 9.84. The Morgan fingerprint density at radius 3 is 2.82 bits per heavy atom. The highest BCUT2D eigenvalue weighted by molar-refractivity contribution is 7.80. The number of aliphatic hydroxyl groups excluding tert-OH is 1. The molecule has 1 heterocycles. The number of hydrogen-bond acceptors (Lipinski definition) is 3. The lowest BCUT2D eigenvalue weighted by Gasteiger charge is -2.34. The van der Waals surface area contributed by atoms with Crippen molar-refractivity contribution in [3.05, 3.63) is 29.8 Å². The van der Waals surface area contributed by atoms with Gasteiger partial charge in [-0.25, -0.2) is 0 Å². The molecule has 0 aliphatic carbocycles. The van der Waals surface area contributed by atoms with Gasteiger partial charge in [0.25, 0.3) is 5.91 Å². The van der Waals surface area contributed by atoms with Crippen LogP contribution in [-0.2, 0) is 0 Å². The van der Waals surface area contributed by atoms with E-state index in [0.29, 0.717) is 23.5 Å². The average molecular weight is 251 g/mol. The van der Waals surface area contributed by atoms with E-state index < -0.39 is 6.10 Å². The third kappa shape index (κ3) is 2.64. The number of rotatable bonds is 1. The molecule has 1 aliphatic heterocycles. The molecule has 0 spiro atoms. The van der Waals surface area contributed by atoms with Gasteiger partial charge in [-0.3, -0.25) is 4.79 Å². The minimum atomic E-state index is -0.417. The summed E-state index contributed by atoms with van der Waals surface area (Å²) in [5, 5.41) is 9.80. The smallest absolute Gasteiger partial charge is 0.255 e. The molecule has 1 saturated heterocycles. The normalized spacial score (nSPS) is 24.8. The first-order chi connectivity index (χ1) is 8.09. The predicted molar refractivity (Wildman–Crippen MR) is 69.4 cm³/mol. The fourth-order valence-corrected chi connectivity index (χ4v) is 2.31. The molecule has 0 saturated carbocycles. The number of piperidine rings is 1. The maximum Gasteiger partial charge on any atom is 0.255 e. The topological polar surface area (TPSA) is 40.5 Å². The molecule has 2 rings (SSSR count). The summed E-state index contributed by atoms with van der Waals surface area (Å²) in [5.74, 6) is 0.229. The van der Waals surface area contributed by atoms with E-state index in [4.69, 9.17) is 0 Å². The first kappa shape index (κ1) is 12.5. The van der Waals surface area contributed by atoms with Crippen molar-refractivity contribution in [1.82, 2.24) is 4.90 Å². The first-order valence-electron chi connectivity index (χ1n) is 5.85. The number of benzene rings is 1. The first-order valence-corrected chi connectivity index (χ1v) is 6.29. The Labute approximate surface area is 107 Å². The van der Waals surface area contributed by atoms with Crippen LogP contribution in [0.3, 0.4) is 0 Å². The van der Waals surface area contributed by atoms with Gasteiger partial charge < -0.3 is 10.0 Å². The molecule has 1 aliphatic rings. The number of aliphatic hydroxyl groups is 1. The monoisotopic (exact) mass is 251 g/mol. The van der Waals surface area contributed by atoms with E-state index in [9.17, 15) is 9.90 Å². The molecule has 3 nitrogen and oxygen atoms in total. The van der Waals surface area contributed by atoms with Crippen LogP contribution >= 0.6 is 12.6 Å².